The number of hydrogen-bond acceptors (Lipinski definition) is 3. The SMILES string of the molecule is O=[N+]([O-])c1ccc(C#CCBr)cc1O. The summed E-state index contributed by atoms with van der Waals surface area (Å²) in [6, 6.07) is 3.99. The van der Waals surface area contributed by atoms with E-state index >= 15 is 0 Å². The molecule has 14 heavy (non-hydrogen) atoms. The first-order valence-electron chi connectivity index (χ1n) is 3.67. The Labute approximate surface area is 88.8 Å². The average molecular weight is 256 g/mol. The molecule has 0 aliphatic heterocycles. The Balaban J connectivity index is 3.06. The highest BCUT2D eigenvalue weighted by Crippen LogP contribution is 2.25. The molecule has 4 nitrogen and oxygen atoms in total. The van der Waals surface area contributed by atoms with E-state index in [1.165, 1.54) is 18.2 Å². The molecule has 5 heteroatoms. The third-order valence-electron chi connectivity index (χ3n) is 1.47. The van der Waals surface area contributed by atoms with Crippen LogP contribution < -0.4 is 0 Å². The van der Waals surface area contributed by atoms with Gasteiger partial charge in [-0.2, -0.15) is 0 Å². The summed E-state index contributed by atoms with van der Waals surface area (Å²) >= 11 is 3.12. The van der Waals surface area contributed by atoms with Gasteiger partial charge in [-0.15, -0.1) is 0 Å². The van der Waals surface area contributed by atoms with Gasteiger partial charge >= 0.3 is 5.69 Å². The summed E-state index contributed by atoms with van der Waals surface area (Å²) in [7, 11) is 0. The van der Waals surface area contributed by atoms with Crippen molar-refractivity contribution in [3.63, 3.8) is 0 Å². The van der Waals surface area contributed by atoms with Crippen LogP contribution in [0.1, 0.15) is 5.56 Å². The van der Waals surface area contributed by atoms with Gasteiger partial charge in [0, 0.05) is 17.7 Å². The molecule has 72 valence electrons. The van der Waals surface area contributed by atoms with E-state index in [4.69, 9.17) is 0 Å². The largest absolute Gasteiger partial charge is 0.502 e. The summed E-state index contributed by atoms with van der Waals surface area (Å²) in [5.74, 6) is 5.08. The molecular formula is C9H6BrNO3. The summed E-state index contributed by atoms with van der Waals surface area (Å²) < 4.78 is 0. The van der Waals surface area contributed by atoms with Gasteiger partial charge in [0.15, 0.2) is 5.75 Å². The van der Waals surface area contributed by atoms with Crippen LogP contribution in [0.3, 0.4) is 0 Å². The number of halogens is 1. The molecule has 0 aromatic heterocycles. The predicted octanol–water partition coefficient (Wildman–Crippen LogP) is 2.05. The number of benzene rings is 1. The van der Waals surface area contributed by atoms with Crippen LogP contribution in [-0.2, 0) is 0 Å². The minimum Gasteiger partial charge on any atom is -0.502 e. The van der Waals surface area contributed by atoms with Crippen molar-refractivity contribution >= 4 is 21.6 Å². The van der Waals surface area contributed by atoms with Crippen molar-refractivity contribution in [3.05, 3.63) is 33.9 Å². The number of aromatic hydroxyl groups is 1. The molecule has 0 saturated carbocycles. The fourth-order valence-electron chi connectivity index (χ4n) is 0.891. The fourth-order valence-corrected chi connectivity index (χ4v) is 1.03. The summed E-state index contributed by atoms with van der Waals surface area (Å²) in [5, 5.41) is 20.1. The average Bonchev–Trinajstić information content (AvgIpc) is 2.14. The Bertz CT molecular complexity index is 420. The van der Waals surface area contributed by atoms with Crippen molar-refractivity contribution in [2.24, 2.45) is 0 Å². The molecule has 0 bridgehead atoms. The summed E-state index contributed by atoms with van der Waals surface area (Å²) in [6.07, 6.45) is 0. The number of rotatable bonds is 1. The fraction of sp³-hybridized carbons (Fsp3) is 0.111. The van der Waals surface area contributed by atoms with Crippen molar-refractivity contribution in [1.82, 2.24) is 0 Å². The highest BCUT2D eigenvalue weighted by molar-refractivity contribution is 9.09. The molecule has 0 heterocycles. The van der Waals surface area contributed by atoms with Crippen molar-refractivity contribution in [3.8, 4) is 17.6 Å². The van der Waals surface area contributed by atoms with E-state index in [1.54, 1.807) is 0 Å². The molecule has 0 amide bonds. The Hall–Kier alpha value is -1.54. The number of alkyl halides is 1. The minimum atomic E-state index is -0.642. The molecule has 0 saturated heterocycles. The van der Waals surface area contributed by atoms with Crippen molar-refractivity contribution < 1.29 is 10.0 Å². The molecule has 0 radical (unpaired) electrons. The van der Waals surface area contributed by atoms with Crippen LogP contribution in [0, 0.1) is 22.0 Å². The molecule has 0 aliphatic rings. The van der Waals surface area contributed by atoms with E-state index in [-0.39, 0.29) is 11.4 Å². The lowest BCUT2D eigenvalue weighted by molar-refractivity contribution is -0.385. The zero-order valence-corrected chi connectivity index (χ0v) is 8.61. The Kier molecular flexibility index (Phi) is 3.48. The third-order valence-corrected chi connectivity index (χ3v) is 1.75. The zero-order valence-electron chi connectivity index (χ0n) is 7.03. The standard InChI is InChI=1S/C9H6BrNO3/c10-5-1-2-7-3-4-8(11(13)14)9(12)6-7/h3-4,6,12H,5H2. The second-order valence-corrected chi connectivity index (χ2v) is 2.96. The number of phenolic OH excluding ortho intramolecular Hbond substituents is 1. The lowest BCUT2D eigenvalue weighted by Gasteiger charge is -1.95. The zero-order chi connectivity index (χ0) is 10.6. The van der Waals surface area contributed by atoms with Crippen LogP contribution in [0.15, 0.2) is 18.2 Å². The van der Waals surface area contributed by atoms with Crippen LogP contribution in [0.25, 0.3) is 0 Å². The second kappa shape index (κ2) is 4.63. The highest BCUT2D eigenvalue weighted by atomic mass is 79.9. The van der Waals surface area contributed by atoms with Gasteiger partial charge in [-0.3, -0.25) is 10.1 Å². The molecule has 1 aromatic carbocycles. The first-order chi connectivity index (χ1) is 6.65. The van der Waals surface area contributed by atoms with Crippen LogP contribution in [0.2, 0.25) is 0 Å². The van der Waals surface area contributed by atoms with Crippen LogP contribution >= 0.6 is 15.9 Å². The summed E-state index contributed by atoms with van der Waals surface area (Å²) in [5.41, 5.74) is 0.238. The lowest BCUT2D eigenvalue weighted by Crippen LogP contribution is -1.88. The number of nitro benzene ring substituents is 1. The van der Waals surface area contributed by atoms with Gasteiger partial charge < -0.3 is 5.11 Å². The molecule has 1 N–H and O–H groups in total. The van der Waals surface area contributed by atoms with Crippen LogP contribution in [0.5, 0.6) is 5.75 Å². The van der Waals surface area contributed by atoms with Crippen molar-refractivity contribution in [2.45, 2.75) is 0 Å². The Morgan fingerprint density at radius 1 is 1.57 bits per heavy atom. The van der Waals surface area contributed by atoms with E-state index < -0.39 is 4.92 Å². The molecule has 0 fully saturated rings. The predicted molar refractivity (Wildman–Crippen MR) is 55.4 cm³/mol. The van der Waals surface area contributed by atoms with Gasteiger partial charge in [-0.1, -0.05) is 27.8 Å². The van der Waals surface area contributed by atoms with Gasteiger partial charge in [0.2, 0.25) is 0 Å². The number of nitrogens with zero attached hydrogens (tertiary/aromatic N) is 1. The summed E-state index contributed by atoms with van der Waals surface area (Å²) in [4.78, 5) is 9.71. The van der Waals surface area contributed by atoms with E-state index in [1.807, 2.05) is 0 Å². The molecule has 0 spiro atoms. The molecule has 1 rings (SSSR count). The van der Waals surface area contributed by atoms with Gasteiger partial charge in [-0.25, -0.2) is 0 Å². The quantitative estimate of drug-likeness (QED) is 0.362. The van der Waals surface area contributed by atoms with Gasteiger partial charge in [0.1, 0.15) is 0 Å². The van der Waals surface area contributed by atoms with Gasteiger partial charge in [0.05, 0.1) is 10.3 Å². The van der Waals surface area contributed by atoms with Crippen LogP contribution in [-0.4, -0.2) is 15.4 Å². The van der Waals surface area contributed by atoms with Gasteiger partial charge in [-0.05, 0) is 6.07 Å². The lowest BCUT2D eigenvalue weighted by atomic mass is 10.2. The van der Waals surface area contributed by atoms with E-state index in [9.17, 15) is 15.2 Å². The normalized spacial score (nSPS) is 8.93. The van der Waals surface area contributed by atoms with Gasteiger partial charge in [0.25, 0.3) is 0 Å². The van der Waals surface area contributed by atoms with Crippen molar-refractivity contribution in [2.75, 3.05) is 5.33 Å². The molecule has 1 aromatic rings. The number of hydrogen-bond donors (Lipinski definition) is 1. The molecule has 0 unspecified atom stereocenters. The molecular weight excluding hydrogens is 250 g/mol. The maximum absolute atomic E-state index is 10.3. The van der Waals surface area contributed by atoms with E-state index in [0.717, 1.165) is 0 Å². The number of nitro groups is 1. The van der Waals surface area contributed by atoms with E-state index in [2.05, 4.69) is 27.8 Å². The number of phenols is 1. The maximum Gasteiger partial charge on any atom is 0.310 e. The third kappa shape index (κ3) is 2.47. The molecule has 0 aliphatic carbocycles. The topological polar surface area (TPSA) is 63.4 Å². The highest BCUT2D eigenvalue weighted by Gasteiger charge is 2.11. The Morgan fingerprint density at radius 2 is 2.29 bits per heavy atom. The molecule has 0 atom stereocenters. The smallest absolute Gasteiger partial charge is 0.310 e. The first kappa shape index (κ1) is 10.5. The second-order valence-electron chi connectivity index (χ2n) is 2.40. The maximum atomic E-state index is 10.3. The first-order valence-corrected chi connectivity index (χ1v) is 4.79. The minimum absolute atomic E-state index is 0.311. The van der Waals surface area contributed by atoms with Crippen molar-refractivity contribution in [1.29, 1.82) is 0 Å². The summed E-state index contributed by atoms with van der Waals surface area (Å²) in [6.45, 7) is 0. The van der Waals surface area contributed by atoms with Crippen LogP contribution in [0.4, 0.5) is 5.69 Å². The van der Waals surface area contributed by atoms with E-state index in [0.29, 0.717) is 10.9 Å². The Morgan fingerprint density at radius 3 is 2.79 bits per heavy atom. The monoisotopic (exact) mass is 255 g/mol.